The SMILES string of the molecule is CCOc1nnc2ncc(-c3ccc(OC)cc3)n2n1. The van der Waals surface area contributed by atoms with Crippen molar-refractivity contribution in [2.45, 2.75) is 6.92 Å². The molecule has 0 radical (unpaired) electrons. The van der Waals surface area contributed by atoms with Crippen molar-refractivity contribution in [2.24, 2.45) is 0 Å². The Morgan fingerprint density at radius 1 is 1.15 bits per heavy atom. The Morgan fingerprint density at radius 2 is 1.95 bits per heavy atom. The maximum atomic E-state index is 5.26. The zero-order valence-corrected chi connectivity index (χ0v) is 11.1. The van der Waals surface area contributed by atoms with Crippen LogP contribution in [-0.4, -0.2) is 38.5 Å². The minimum atomic E-state index is 0.229. The van der Waals surface area contributed by atoms with Crippen molar-refractivity contribution in [3.8, 4) is 23.0 Å². The molecular weight excluding hydrogens is 258 g/mol. The summed E-state index contributed by atoms with van der Waals surface area (Å²) in [5.41, 5.74) is 1.78. The molecule has 0 bridgehead atoms. The summed E-state index contributed by atoms with van der Waals surface area (Å²) in [6, 6.07) is 7.86. The average Bonchev–Trinajstić information content (AvgIpc) is 2.91. The zero-order valence-electron chi connectivity index (χ0n) is 11.1. The smallest absolute Gasteiger partial charge is 0.353 e. The van der Waals surface area contributed by atoms with Crippen LogP contribution in [0.15, 0.2) is 30.5 Å². The average molecular weight is 271 g/mol. The van der Waals surface area contributed by atoms with E-state index in [4.69, 9.17) is 9.47 Å². The first-order chi connectivity index (χ1) is 9.81. The Kier molecular flexibility index (Phi) is 3.16. The van der Waals surface area contributed by atoms with Gasteiger partial charge in [0.05, 0.1) is 25.6 Å². The first-order valence-corrected chi connectivity index (χ1v) is 6.17. The van der Waals surface area contributed by atoms with Crippen LogP contribution in [-0.2, 0) is 0 Å². The Morgan fingerprint density at radius 3 is 2.65 bits per heavy atom. The summed E-state index contributed by atoms with van der Waals surface area (Å²) >= 11 is 0. The first-order valence-electron chi connectivity index (χ1n) is 6.17. The molecule has 20 heavy (non-hydrogen) atoms. The number of methoxy groups -OCH3 is 1. The van der Waals surface area contributed by atoms with E-state index in [1.807, 2.05) is 31.2 Å². The third kappa shape index (κ3) is 2.13. The van der Waals surface area contributed by atoms with Gasteiger partial charge in [-0.3, -0.25) is 0 Å². The Balaban J connectivity index is 2.07. The van der Waals surface area contributed by atoms with E-state index in [1.54, 1.807) is 17.8 Å². The van der Waals surface area contributed by atoms with E-state index in [9.17, 15) is 0 Å². The van der Waals surface area contributed by atoms with Crippen LogP contribution in [0.4, 0.5) is 0 Å². The summed E-state index contributed by atoms with van der Waals surface area (Å²) in [4.78, 5) is 4.18. The van der Waals surface area contributed by atoms with Gasteiger partial charge in [0, 0.05) is 5.56 Å². The maximum Gasteiger partial charge on any atom is 0.353 e. The fourth-order valence-corrected chi connectivity index (χ4v) is 1.84. The van der Waals surface area contributed by atoms with Crippen molar-refractivity contribution in [3.63, 3.8) is 0 Å². The van der Waals surface area contributed by atoms with Crippen LogP contribution >= 0.6 is 0 Å². The molecule has 0 amide bonds. The number of rotatable bonds is 4. The van der Waals surface area contributed by atoms with E-state index in [0.717, 1.165) is 17.0 Å². The number of hydrogen-bond acceptors (Lipinski definition) is 6. The van der Waals surface area contributed by atoms with E-state index in [-0.39, 0.29) is 6.01 Å². The summed E-state index contributed by atoms with van der Waals surface area (Å²) in [5, 5.41) is 12.1. The second kappa shape index (κ2) is 5.12. The van der Waals surface area contributed by atoms with Crippen molar-refractivity contribution >= 4 is 5.78 Å². The van der Waals surface area contributed by atoms with E-state index >= 15 is 0 Å². The minimum Gasteiger partial charge on any atom is -0.497 e. The van der Waals surface area contributed by atoms with E-state index in [2.05, 4.69) is 20.3 Å². The van der Waals surface area contributed by atoms with Gasteiger partial charge in [-0.2, -0.15) is 4.52 Å². The molecule has 3 aromatic rings. The standard InChI is InChI=1S/C13H13N5O2/c1-3-20-13-16-15-12-14-8-11(18(12)17-13)9-4-6-10(19-2)7-5-9/h4-8H,3H2,1-2H3. The van der Waals surface area contributed by atoms with Gasteiger partial charge in [-0.15, -0.1) is 10.2 Å². The van der Waals surface area contributed by atoms with Gasteiger partial charge in [-0.1, -0.05) is 5.10 Å². The summed E-state index contributed by atoms with van der Waals surface area (Å²) in [7, 11) is 1.63. The van der Waals surface area contributed by atoms with Crippen LogP contribution in [0.5, 0.6) is 11.8 Å². The lowest BCUT2D eigenvalue weighted by Gasteiger charge is -2.04. The Hall–Kier alpha value is -2.70. The molecule has 2 aromatic heterocycles. The van der Waals surface area contributed by atoms with Gasteiger partial charge in [0.15, 0.2) is 0 Å². The van der Waals surface area contributed by atoms with Gasteiger partial charge in [0.1, 0.15) is 5.75 Å². The second-order valence-corrected chi connectivity index (χ2v) is 4.00. The monoisotopic (exact) mass is 271 g/mol. The number of benzene rings is 1. The normalized spacial score (nSPS) is 10.7. The van der Waals surface area contributed by atoms with Crippen molar-refractivity contribution in [2.75, 3.05) is 13.7 Å². The van der Waals surface area contributed by atoms with E-state index < -0.39 is 0 Å². The Bertz CT molecular complexity index is 723. The number of fused-ring (bicyclic) bond motifs is 1. The van der Waals surface area contributed by atoms with Crippen LogP contribution in [0.2, 0.25) is 0 Å². The van der Waals surface area contributed by atoms with Gasteiger partial charge in [-0.25, -0.2) is 4.98 Å². The van der Waals surface area contributed by atoms with E-state index in [0.29, 0.717) is 12.4 Å². The summed E-state index contributed by atoms with van der Waals surface area (Å²) in [5.74, 6) is 1.23. The number of nitrogens with zero attached hydrogens (tertiary/aromatic N) is 5. The van der Waals surface area contributed by atoms with Crippen LogP contribution in [0.1, 0.15) is 6.92 Å². The minimum absolute atomic E-state index is 0.229. The molecular formula is C13H13N5O2. The molecule has 0 aliphatic rings. The lowest BCUT2D eigenvalue weighted by atomic mass is 10.2. The highest BCUT2D eigenvalue weighted by molar-refractivity contribution is 5.62. The zero-order chi connectivity index (χ0) is 13.9. The molecule has 0 N–H and O–H groups in total. The highest BCUT2D eigenvalue weighted by Gasteiger charge is 2.10. The molecule has 1 aromatic carbocycles. The maximum absolute atomic E-state index is 5.26. The van der Waals surface area contributed by atoms with Crippen LogP contribution in [0, 0.1) is 0 Å². The van der Waals surface area contributed by atoms with Crippen molar-refractivity contribution in [1.82, 2.24) is 24.8 Å². The van der Waals surface area contributed by atoms with Crippen molar-refractivity contribution < 1.29 is 9.47 Å². The van der Waals surface area contributed by atoms with Gasteiger partial charge >= 0.3 is 6.01 Å². The van der Waals surface area contributed by atoms with Gasteiger partial charge in [-0.05, 0) is 31.2 Å². The van der Waals surface area contributed by atoms with E-state index in [1.165, 1.54) is 0 Å². The lowest BCUT2D eigenvalue weighted by molar-refractivity contribution is 0.301. The molecule has 0 saturated heterocycles. The van der Waals surface area contributed by atoms with Crippen molar-refractivity contribution in [3.05, 3.63) is 30.5 Å². The summed E-state index contributed by atoms with van der Waals surface area (Å²) in [6.45, 7) is 2.35. The largest absolute Gasteiger partial charge is 0.497 e. The van der Waals surface area contributed by atoms with Crippen LogP contribution < -0.4 is 9.47 Å². The highest BCUT2D eigenvalue weighted by atomic mass is 16.5. The molecule has 7 heteroatoms. The summed E-state index contributed by atoms with van der Waals surface area (Å²) < 4.78 is 12.0. The molecule has 0 aliphatic heterocycles. The number of imidazole rings is 1. The van der Waals surface area contributed by atoms with Gasteiger partial charge < -0.3 is 9.47 Å². The lowest BCUT2D eigenvalue weighted by Crippen LogP contribution is -2.05. The molecule has 0 fully saturated rings. The molecule has 102 valence electrons. The third-order valence-electron chi connectivity index (χ3n) is 2.79. The third-order valence-corrected chi connectivity index (χ3v) is 2.79. The first kappa shape index (κ1) is 12.3. The molecule has 7 nitrogen and oxygen atoms in total. The van der Waals surface area contributed by atoms with Gasteiger partial charge in [0.25, 0.3) is 5.78 Å². The number of ether oxygens (including phenoxy) is 2. The molecule has 0 unspecified atom stereocenters. The summed E-state index contributed by atoms with van der Waals surface area (Å²) in [6.07, 6.45) is 1.70. The highest BCUT2D eigenvalue weighted by Crippen LogP contribution is 2.22. The molecule has 0 spiro atoms. The second-order valence-electron chi connectivity index (χ2n) is 4.00. The quantitative estimate of drug-likeness (QED) is 0.717. The molecule has 0 atom stereocenters. The van der Waals surface area contributed by atoms with Crippen LogP contribution in [0.25, 0.3) is 17.0 Å². The molecule has 2 heterocycles. The fourth-order valence-electron chi connectivity index (χ4n) is 1.84. The van der Waals surface area contributed by atoms with Crippen molar-refractivity contribution in [1.29, 1.82) is 0 Å². The topological polar surface area (TPSA) is 74.4 Å². The molecule has 0 saturated carbocycles. The van der Waals surface area contributed by atoms with Crippen LogP contribution in [0.3, 0.4) is 0 Å². The molecule has 0 aliphatic carbocycles. The Labute approximate surface area is 115 Å². The number of aromatic nitrogens is 5. The predicted octanol–water partition coefficient (Wildman–Crippen LogP) is 1.59. The van der Waals surface area contributed by atoms with Gasteiger partial charge in [0.2, 0.25) is 0 Å². The number of hydrogen-bond donors (Lipinski definition) is 0. The predicted molar refractivity (Wildman–Crippen MR) is 71.7 cm³/mol. The fraction of sp³-hybridized carbons (Fsp3) is 0.231. The molecule has 3 rings (SSSR count).